The molecule has 0 bridgehead atoms. The summed E-state index contributed by atoms with van der Waals surface area (Å²) in [4.78, 5) is 16.8. The molecule has 3 rings (SSSR count). The van der Waals surface area contributed by atoms with Crippen molar-refractivity contribution >= 4 is 11.6 Å². The Bertz CT molecular complexity index is 468. The topological polar surface area (TPSA) is 35.6 Å². The van der Waals surface area contributed by atoms with Gasteiger partial charge in [-0.1, -0.05) is 18.2 Å². The van der Waals surface area contributed by atoms with E-state index in [0.717, 1.165) is 38.3 Å². The third-order valence-electron chi connectivity index (χ3n) is 4.04. The van der Waals surface area contributed by atoms with Gasteiger partial charge in [0, 0.05) is 37.9 Å². The summed E-state index contributed by atoms with van der Waals surface area (Å²) in [5.41, 5.74) is 2.40. The lowest BCUT2D eigenvalue weighted by molar-refractivity contribution is -0.120. The second-order valence-corrected chi connectivity index (χ2v) is 5.47. The number of piperazine rings is 1. The molecular weight excluding hydrogens is 238 g/mol. The maximum absolute atomic E-state index is 12.6. The van der Waals surface area contributed by atoms with Crippen LogP contribution in [0.25, 0.3) is 0 Å². The SMILES string of the molecule is CC1Cc2ccccc2N1C(=O)CN1CCNCC1. The summed E-state index contributed by atoms with van der Waals surface area (Å²) in [6, 6.07) is 8.55. The van der Waals surface area contributed by atoms with Crippen molar-refractivity contribution in [2.75, 3.05) is 37.6 Å². The summed E-state index contributed by atoms with van der Waals surface area (Å²) in [6.07, 6.45) is 0.976. The molecule has 2 heterocycles. The van der Waals surface area contributed by atoms with Crippen LogP contribution in [0.5, 0.6) is 0 Å². The van der Waals surface area contributed by atoms with Crippen molar-refractivity contribution in [3.8, 4) is 0 Å². The van der Waals surface area contributed by atoms with Crippen molar-refractivity contribution in [3.05, 3.63) is 29.8 Å². The van der Waals surface area contributed by atoms with E-state index in [4.69, 9.17) is 0 Å². The molecule has 102 valence electrons. The molecule has 0 saturated carbocycles. The summed E-state index contributed by atoms with van der Waals surface area (Å²) in [5.74, 6) is 0.236. The average Bonchev–Trinajstić information content (AvgIpc) is 2.75. The lowest BCUT2D eigenvalue weighted by Crippen LogP contribution is -2.49. The van der Waals surface area contributed by atoms with Crippen LogP contribution in [0.15, 0.2) is 24.3 Å². The molecule has 0 spiro atoms. The fourth-order valence-electron chi connectivity index (χ4n) is 3.08. The Balaban J connectivity index is 1.72. The zero-order chi connectivity index (χ0) is 13.2. The molecule has 0 aliphatic carbocycles. The van der Waals surface area contributed by atoms with Crippen LogP contribution in [0, 0.1) is 0 Å². The number of hydrogen-bond donors (Lipinski definition) is 1. The standard InChI is InChI=1S/C15H21N3O/c1-12-10-13-4-2-3-5-14(13)18(12)15(19)11-17-8-6-16-7-9-17/h2-5,12,16H,6-11H2,1H3. The second-order valence-electron chi connectivity index (χ2n) is 5.47. The number of amides is 1. The van der Waals surface area contributed by atoms with Gasteiger partial charge in [-0.05, 0) is 25.0 Å². The minimum absolute atomic E-state index is 0.236. The fraction of sp³-hybridized carbons (Fsp3) is 0.533. The molecule has 0 radical (unpaired) electrons. The number of hydrogen-bond acceptors (Lipinski definition) is 3. The Hall–Kier alpha value is -1.39. The van der Waals surface area contributed by atoms with Gasteiger partial charge in [-0.15, -0.1) is 0 Å². The number of para-hydroxylation sites is 1. The van der Waals surface area contributed by atoms with Gasteiger partial charge in [-0.25, -0.2) is 0 Å². The van der Waals surface area contributed by atoms with Gasteiger partial charge in [-0.2, -0.15) is 0 Å². The quantitative estimate of drug-likeness (QED) is 0.856. The van der Waals surface area contributed by atoms with Gasteiger partial charge >= 0.3 is 0 Å². The normalized spacial score (nSPS) is 23.4. The van der Waals surface area contributed by atoms with E-state index in [-0.39, 0.29) is 11.9 Å². The number of carbonyl (C=O) groups excluding carboxylic acids is 1. The van der Waals surface area contributed by atoms with Crippen molar-refractivity contribution in [2.45, 2.75) is 19.4 Å². The molecule has 1 aromatic rings. The molecule has 1 fully saturated rings. The lowest BCUT2D eigenvalue weighted by Gasteiger charge is -2.30. The average molecular weight is 259 g/mol. The van der Waals surface area contributed by atoms with Gasteiger partial charge in [0.2, 0.25) is 5.91 Å². The molecule has 1 aromatic carbocycles. The Labute approximate surface area is 114 Å². The van der Waals surface area contributed by atoms with E-state index in [1.54, 1.807) is 0 Å². The van der Waals surface area contributed by atoms with E-state index in [1.807, 2.05) is 11.0 Å². The number of rotatable bonds is 2. The maximum atomic E-state index is 12.6. The fourth-order valence-corrected chi connectivity index (χ4v) is 3.08. The summed E-state index contributed by atoms with van der Waals surface area (Å²) in [6.45, 7) is 6.58. The van der Waals surface area contributed by atoms with Crippen molar-refractivity contribution in [1.82, 2.24) is 10.2 Å². The third kappa shape index (κ3) is 2.51. The molecule has 1 atom stereocenters. The van der Waals surface area contributed by atoms with Gasteiger partial charge in [0.15, 0.2) is 0 Å². The molecule has 1 amide bonds. The molecule has 0 aromatic heterocycles. The molecule has 19 heavy (non-hydrogen) atoms. The van der Waals surface area contributed by atoms with Crippen LogP contribution in [0.1, 0.15) is 12.5 Å². The van der Waals surface area contributed by atoms with Gasteiger partial charge in [0.1, 0.15) is 0 Å². The Morgan fingerprint density at radius 3 is 2.84 bits per heavy atom. The molecule has 1 saturated heterocycles. The van der Waals surface area contributed by atoms with Gasteiger partial charge in [0.05, 0.1) is 6.54 Å². The minimum atomic E-state index is 0.236. The highest BCUT2D eigenvalue weighted by Crippen LogP contribution is 2.31. The van der Waals surface area contributed by atoms with Crippen molar-refractivity contribution < 1.29 is 4.79 Å². The van der Waals surface area contributed by atoms with Crippen molar-refractivity contribution in [3.63, 3.8) is 0 Å². The molecule has 1 unspecified atom stereocenters. The third-order valence-corrected chi connectivity index (χ3v) is 4.04. The van der Waals surface area contributed by atoms with E-state index < -0.39 is 0 Å². The lowest BCUT2D eigenvalue weighted by atomic mass is 10.1. The summed E-state index contributed by atoms with van der Waals surface area (Å²) in [7, 11) is 0. The Morgan fingerprint density at radius 2 is 2.05 bits per heavy atom. The molecule has 4 nitrogen and oxygen atoms in total. The van der Waals surface area contributed by atoms with E-state index in [0.29, 0.717) is 6.54 Å². The van der Waals surface area contributed by atoms with Gasteiger partial charge in [0.25, 0.3) is 0 Å². The minimum Gasteiger partial charge on any atom is -0.314 e. The second kappa shape index (κ2) is 5.31. The molecule has 1 N–H and O–H groups in total. The van der Waals surface area contributed by atoms with Crippen molar-refractivity contribution in [1.29, 1.82) is 0 Å². The number of nitrogens with zero attached hydrogens (tertiary/aromatic N) is 2. The van der Waals surface area contributed by atoms with Crippen molar-refractivity contribution in [2.24, 2.45) is 0 Å². The number of nitrogens with one attached hydrogen (secondary N) is 1. The zero-order valence-corrected chi connectivity index (χ0v) is 11.4. The van der Waals surface area contributed by atoms with E-state index >= 15 is 0 Å². The Morgan fingerprint density at radius 1 is 1.32 bits per heavy atom. The summed E-state index contributed by atoms with van der Waals surface area (Å²) >= 11 is 0. The largest absolute Gasteiger partial charge is 0.314 e. The number of anilines is 1. The van der Waals surface area contributed by atoms with Gasteiger partial charge < -0.3 is 10.2 Å². The predicted molar refractivity (Wildman–Crippen MR) is 76.4 cm³/mol. The first-order chi connectivity index (χ1) is 9.25. The highest BCUT2D eigenvalue weighted by Gasteiger charge is 2.31. The number of fused-ring (bicyclic) bond motifs is 1. The highest BCUT2D eigenvalue weighted by atomic mass is 16.2. The van der Waals surface area contributed by atoms with Crippen LogP contribution in [0.4, 0.5) is 5.69 Å². The smallest absolute Gasteiger partial charge is 0.241 e. The van der Waals surface area contributed by atoms with E-state index in [1.165, 1.54) is 5.56 Å². The predicted octanol–water partition coefficient (Wildman–Crippen LogP) is 0.869. The zero-order valence-electron chi connectivity index (χ0n) is 11.4. The highest BCUT2D eigenvalue weighted by molar-refractivity contribution is 5.97. The maximum Gasteiger partial charge on any atom is 0.241 e. The number of benzene rings is 1. The first-order valence-electron chi connectivity index (χ1n) is 7.09. The van der Waals surface area contributed by atoms with Crippen LogP contribution >= 0.6 is 0 Å². The van der Waals surface area contributed by atoms with Gasteiger partial charge in [-0.3, -0.25) is 9.69 Å². The number of carbonyl (C=O) groups is 1. The van der Waals surface area contributed by atoms with Crippen LogP contribution in [0.3, 0.4) is 0 Å². The molecule has 4 heteroatoms. The van der Waals surface area contributed by atoms with Crippen LogP contribution in [0.2, 0.25) is 0 Å². The molecular formula is C15H21N3O. The Kier molecular flexibility index (Phi) is 3.53. The molecule has 2 aliphatic rings. The van der Waals surface area contributed by atoms with Crippen LogP contribution < -0.4 is 10.2 Å². The summed E-state index contributed by atoms with van der Waals surface area (Å²) in [5, 5.41) is 3.32. The van der Waals surface area contributed by atoms with E-state index in [2.05, 4.69) is 35.3 Å². The van der Waals surface area contributed by atoms with Crippen LogP contribution in [-0.2, 0) is 11.2 Å². The first-order valence-corrected chi connectivity index (χ1v) is 7.09. The first kappa shape index (κ1) is 12.6. The van der Waals surface area contributed by atoms with E-state index in [9.17, 15) is 4.79 Å². The summed E-state index contributed by atoms with van der Waals surface area (Å²) < 4.78 is 0. The monoisotopic (exact) mass is 259 g/mol. The van der Waals surface area contributed by atoms with Crippen LogP contribution in [-0.4, -0.2) is 49.6 Å². The molecule has 2 aliphatic heterocycles.